The third kappa shape index (κ3) is 2.22. The van der Waals surface area contributed by atoms with Crippen molar-refractivity contribution in [1.29, 1.82) is 0 Å². The molecule has 1 fully saturated rings. The Hall–Kier alpha value is -0.120. The van der Waals surface area contributed by atoms with Crippen molar-refractivity contribution in [2.45, 2.75) is 25.2 Å². The van der Waals surface area contributed by atoms with Crippen molar-refractivity contribution in [3.63, 3.8) is 0 Å². The lowest BCUT2D eigenvalue weighted by Gasteiger charge is -2.31. The van der Waals surface area contributed by atoms with Gasteiger partial charge in [-0.25, -0.2) is 4.98 Å². The number of rotatable bonds is 1. The van der Waals surface area contributed by atoms with Gasteiger partial charge in [0.1, 0.15) is 0 Å². The number of thiazole rings is 1. The minimum atomic E-state index is 0. The molecule has 0 aliphatic carbocycles. The summed E-state index contributed by atoms with van der Waals surface area (Å²) in [7, 11) is 0. The van der Waals surface area contributed by atoms with Crippen LogP contribution in [0, 0.1) is 0 Å². The van der Waals surface area contributed by atoms with Crippen LogP contribution in [0.15, 0.2) is 11.6 Å². The van der Waals surface area contributed by atoms with E-state index >= 15 is 0 Å². The molecule has 0 spiro atoms. The second-order valence-corrected chi connectivity index (χ2v) is 4.54. The maximum atomic E-state index is 4.40. The molecule has 0 amide bonds. The van der Waals surface area contributed by atoms with E-state index in [2.05, 4.69) is 22.6 Å². The van der Waals surface area contributed by atoms with Gasteiger partial charge in [-0.05, 0) is 25.9 Å². The lowest BCUT2D eigenvalue weighted by atomic mass is 9.82. The van der Waals surface area contributed by atoms with Crippen LogP contribution < -0.4 is 5.32 Å². The van der Waals surface area contributed by atoms with E-state index in [1.807, 2.05) is 6.20 Å². The van der Waals surface area contributed by atoms with Gasteiger partial charge in [0.05, 0.1) is 5.01 Å². The first-order chi connectivity index (χ1) is 5.81. The fraction of sp³-hybridized carbons (Fsp3) is 0.667. The monoisotopic (exact) mass is 218 g/mol. The van der Waals surface area contributed by atoms with E-state index in [0.717, 1.165) is 13.1 Å². The topological polar surface area (TPSA) is 24.9 Å². The molecule has 0 unspecified atom stereocenters. The predicted molar refractivity (Wildman–Crippen MR) is 58.8 cm³/mol. The number of halogens is 1. The van der Waals surface area contributed by atoms with E-state index in [4.69, 9.17) is 0 Å². The summed E-state index contributed by atoms with van der Waals surface area (Å²) in [5.41, 5.74) is 0.347. The molecule has 1 saturated heterocycles. The van der Waals surface area contributed by atoms with Crippen molar-refractivity contribution in [2.24, 2.45) is 0 Å². The third-order valence-corrected chi connectivity index (χ3v) is 3.74. The average molecular weight is 219 g/mol. The fourth-order valence-electron chi connectivity index (χ4n) is 1.71. The van der Waals surface area contributed by atoms with Crippen LogP contribution in [0.1, 0.15) is 24.8 Å². The minimum Gasteiger partial charge on any atom is -0.317 e. The van der Waals surface area contributed by atoms with Crippen molar-refractivity contribution >= 4 is 23.7 Å². The Kier molecular flexibility index (Phi) is 3.71. The molecule has 0 radical (unpaired) electrons. The average Bonchev–Trinajstić information content (AvgIpc) is 2.58. The summed E-state index contributed by atoms with van der Waals surface area (Å²) in [5.74, 6) is 0. The lowest BCUT2D eigenvalue weighted by Crippen LogP contribution is -2.37. The van der Waals surface area contributed by atoms with Crippen molar-refractivity contribution in [2.75, 3.05) is 13.1 Å². The van der Waals surface area contributed by atoms with Crippen molar-refractivity contribution in [3.8, 4) is 0 Å². The molecule has 0 aromatic carbocycles. The standard InChI is InChI=1S/C9H14N2S.ClH/c1-9(2-4-10-5-3-9)8-11-6-7-12-8;/h6-7,10H,2-5H2,1H3;1H. The van der Waals surface area contributed by atoms with Crippen LogP contribution in [0.2, 0.25) is 0 Å². The molecule has 1 aliphatic heterocycles. The Morgan fingerprint density at radius 3 is 2.69 bits per heavy atom. The molecule has 4 heteroatoms. The number of nitrogens with zero attached hydrogens (tertiary/aromatic N) is 1. The number of aromatic nitrogens is 1. The van der Waals surface area contributed by atoms with E-state index in [-0.39, 0.29) is 12.4 Å². The summed E-state index contributed by atoms with van der Waals surface area (Å²) in [6.07, 6.45) is 4.36. The first kappa shape index (κ1) is 11.0. The van der Waals surface area contributed by atoms with E-state index in [0.29, 0.717) is 5.41 Å². The zero-order chi connectivity index (χ0) is 8.44. The van der Waals surface area contributed by atoms with Crippen LogP contribution in [0.3, 0.4) is 0 Å². The molecule has 1 aromatic heterocycles. The van der Waals surface area contributed by atoms with Gasteiger partial charge in [-0.15, -0.1) is 23.7 Å². The molecule has 0 saturated carbocycles. The summed E-state index contributed by atoms with van der Waals surface area (Å²) in [6.45, 7) is 4.60. The molecule has 1 N–H and O–H groups in total. The van der Waals surface area contributed by atoms with E-state index < -0.39 is 0 Å². The summed E-state index contributed by atoms with van der Waals surface area (Å²) in [4.78, 5) is 4.40. The third-order valence-electron chi connectivity index (χ3n) is 2.66. The van der Waals surface area contributed by atoms with Gasteiger partial charge in [0.15, 0.2) is 0 Å². The first-order valence-corrected chi connectivity index (χ1v) is 5.30. The van der Waals surface area contributed by atoms with Gasteiger partial charge in [-0.3, -0.25) is 0 Å². The summed E-state index contributed by atoms with van der Waals surface area (Å²) < 4.78 is 0. The molecule has 2 nitrogen and oxygen atoms in total. The Morgan fingerprint density at radius 2 is 2.15 bits per heavy atom. The molecular weight excluding hydrogens is 204 g/mol. The number of nitrogens with one attached hydrogen (secondary N) is 1. The lowest BCUT2D eigenvalue weighted by molar-refractivity contribution is 0.334. The Balaban J connectivity index is 0.000000845. The van der Waals surface area contributed by atoms with Crippen LogP contribution in [0.25, 0.3) is 0 Å². The van der Waals surface area contributed by atoms with Crippen LogP contribution in [-0.2, 0) is 5.41 Å². The summed E-state index contributed by atoms with van der Waals surface area (Å²) >= 11 is 1.79. The van der Waals surface area contributed by atoms with E-state index in [1.165, 1.54) is 17.8 Å². The smallest absolute Gasteiger partial charge is 0.0984 e. The van der Waals surface area contributed by atoms with Crippen molar-refractivity contribution in [1.82, 2.24) is 10.3 Å². The predicted octanol–water partition coefficient (Wildman–Crippen LogP) is 2.21. The second-order valence-electron chi connectivity index (χ2n) is 3.65. The highest BCUT2D eigenvalue weighted by atomic mass is 35.5. The molecular formula is C9H15ClN2S. The Morgan fingerprint density at radius 1 is 1.46 bits per heavy atom. The Bertz CT molecular complexity index is 242. The summed E-state index contributed by atoms with van der Waals surface area (Å²) in [5, 5.41) is 6.76. The molecule has 1 aromatic rings. The largest absolute Gasteiger partial charge is 0.317 e. The number of piperidine rings is 1. The maximum absolute atomic E-state index is 4.40. The van der Waals surface area contributed by atoms with Crippen LogP contribution in [0.5, 0.6) is 0 Å². The van der Waals surface area contributed by atoms with Gasteiger partial charge < -0.3 is 5.32 Å². The van der Waals surface area contributed by atoms with Crippen molar-refractivity contribution in [3.05, 3.63) is 16.6 Å². The maximum Gasteiger partial charge on any atom is 0.0984 e. The normalized spacial score (nSPS) is 20.7. The zero-order valence-corrected chi connectivity index (χ0v) is 9.38. The highest BCUT2D eigenvalue weighted by Gasteiger charge is 2.30. The van der Waals surface area contributed by atoms with E-state index in [1.54, 1.807) is 11.3 Å². The molecule has 0 atom stereocenters. The highest BCUT2D eigenvalue weighted by molar-refractivity contribution is 7.09. The van der Waals surface area contributed by atoms with E-state index in [9.17, 15) is 0 Å². The molecule has 0 bridgehead atoms. The van der Waals surface area contributed by atoms with Gasteiger partial charge in [0.25, 0.3) is 0 Å². The first-order valence-electron chi connectivity index (χ1n) is 4.42. The number of hydrogen-bond donors (Lipinski definition) is 1. The highest BCUT2D eigenvalue weighted by Crippen LogP contribution is 2.33. The van der Waals surface area contributed by atoms with Gasteiger partial charge in [-0.1, -0.05) is 6.92 Å². The fourth-order valence-corrected chi connectivity index (χ4v) is 2.57. The molecule has 74 valence electrons. The van der Waals surface area contributed by atoms with Crippen LogP contribution in [-0.4, -0.2) is 18.1 Å². The van der Waals surface area contributed by atoms with Gasteiger partial charge in [0, 0.05) is 17.0 Å². The van der Waals surface area contributed by atoms with Crippen molar-refractivity contribution < 1.29 is 0 Å². The summed E-state index contributed by atoms with van der Waals surface area (Å²) in [6, 6.07) is 0. The zero-order valence-electron chi connectivity index (χ0n) is 7.75. The van der Waals surface area contributed by atoms with Gasteiger partial charge in [0.2, 0.25) is 0 Å². The minimum absolute atomic E-state index is 0. The molecule has 13 heavy (non-hydrogen) atoms. The SMILES string of the molecule is CC1(c2nccs2)CCNCC1.Cl. The Labute approximate surface area is 89.2 Å². The van der Waals surface area contributed by atoms with Gasteiger partial charge in [-0.2, -0.15) is 0 Å². The molecule has 2 rings (SSSR count). The molecule has 1 aliphatic rings. The molecule has 2 heterocycles. The second kappa shape index (κ2) is 4.40. The van der Waals surface area contributed by atoms with Crippen LogP contribution in [0.4, 0.5) is 0 Å². The van der Waals surface area contributed by atoms with Gasteiger partial charge >= 0.3 is 0 Å². The quantitative estimate of drug-likeness (QED) is 0.782. The number of hydrogen-bond acceptors (Lipinski definition) is 3. The van der Waals surface area contributed by atoms with Crippen LogP contribution >= 0.6 is 23.7 Å².